The van der Waals surface area contributed by atoms with Gasteiger partial charge in [-0.15, -0.1) is 0 Å². The highest BCUT2D eigenvalue weighted by atomic mass is 19.1. The number of rotatable bonds is 6. The molecule has 1 N–H and O–H groups in total. The molecule has 4 nitrogen and oxygen atoms in total. The van der Waals surface area contributed by atoms with Crippen molar-refractivity contribution in [3.8, 4) is 11.5 Å². The maximum Gasteiger partial charge on any atom is 0.220 e. The number of hydrogen-bond donors (Lipinski definition) is 1. The zero-order valence-corrected chi connectivity index (χ0v) is 13.6. The van der Waals surface area contributed by atoms with Crippen LogP contribution in [0.4, 0.5) is 8.78 Å². The standard InChI is InChI=1S/C19H19F2NO3/c20-12-16(13-4-7-15(21)8-5-13)22-18(23)9-6-14-2-1-3-17-19(14)25-11-10-24-17/h1-5,7-8,16H,6,9-12H2,(H,22,23). The Morgan fingerprint density at radius 3 is 2.64 bits per heavy atom. The molecule has 2 aromatic carbocycles. The summed E-state index contributed by atoms with van der Waals surface area (Å²) in [6.07, 6.45) is 0.651. The number of amides is 1. The van der Waals surface area contributed by atoms with Crippen LogP contribution in [0.5, 0.6) is 11.5 Å². The second-order valence-electron chi connectivity index (χ2n) is 5.77. The lowest BCUT2D eigenvalue weighted by atomic mass is 10.1. The Kier molecular flexibility index (Phi) is 5.48. The molecule has 1 aliphatic heterocycles. The van der Waals surface area contributed by atoms with E-state index in [9.17, 15) is 13.6 Å². The number of nitrogens with one attached hydrogen (secondary N) is 1. The fourth-order valence-corrected chi connectivity index (χ4v) is 2.75. The van der Waals surface area contributed by atoms with Gasteiger partial charge in [0.2, 0.25) is 5.91 Å². The van der Waals surface area contributed by atoms with Crippen molar-refractivity contribution in [3.63, 3.8) is 0 Å². The molecule has 132 valence electrons. The monoisotopic (exact) mass is 347 g/mol. The maximum atomic E-state index is 13.2. The quantitative estimate of drug-likeness (QED) is 0.872. The van der Waals surface area contributed by atoms with E-state index in [1.54, 1.807) is 0 Å². The van der Waals surface area contributed by atoms with Crippen LogP contribution in [0.25, 0.3) is 0 Å². The Labute approximate surface area is 144 Å². The van der Waals surface area contributed by atoms with Crippen LogP contribution in [-0.4, -0.2) is 25.8 Å². The number of fused-ring (bicyclic) bond motifs is 1. The molecule has 1 atom stereocenters. The van der Waals surface area contributed by atoms with E-state index in [0.29, 0.717) is 36.7 Å². The molecule has 0 aromatic heterocycles. The number of ether oxygens (including phenoxy) is 2. The molecule has 0 bridgehead atoms. The van der Waals surface area contributed by atoms with Gasteiger partial charge in [0.15, 0.2) is 11.5 Å². The first kappa shape index (κ1) is 17.2. The van der Waals surface area contributed by atoms with Crippen LogP contribution >= 0.6 is 0 Å². The van der Waals surface area contributed by atoms with Crippen LogP contribution in [0, 0.1) is 5.82 Å². The first-order valence-corrected chi connectivity index (χ1v) is 8.15. The highest BCUT2D eigenvalue weighted by molar-refractivity contribution is 5.77. The van der Waals surface area contributed by atoms with Gasteiger partial charge in [-0.05, 0) is 35.7 Å². The molecule has 0 saturated heterocycles. The van der Waals surface area contributed by atoms with E-state index in [-0.39, 0.29) is 12.3 Å². The summed E-state index contributed by atoms with van der Waals surface area (Å²) < 4.78 is 37.3. The minimum Gasteiger partial charge on any atom is -0.486 e. The van der Waals surface area contributed by atoms with E-state index in [4.69, 9.17) is 9.47 Å². The van der Waals surface area contributed by atoms with Crippen LogP contribution in [0.3, 0.4) is 0 Å². The van der Waals surface area contributed by atoms with Crippen LogP contribution in [0.1, 0.15) is 23.6 Å². The topological polar surface area (TPSA) is 47.6 Å². The third-order valence-electron chi connectivity index (χ3n) is 4.03. The van der Waals surface area contributed by atoms with Gasteiger partial charge in [-0.1, -0.05) is 24.3 Å². The van der Waals surface area contributed by atoms with Crippen LogP contribution in [0.15, 0.2) is 42.5 Å². The van der Waals surface area contributed by atoms with Crippen molar-refractivity contribution in [3.05, 3.63) is 59.4 Å². The number of carbonyl (C=O) groups excluding carboxylic acids is 1. The smallest absolute Gasteiger partial charge is 0.220 e. The fourth-order valence-electron chi connectivity index (χ4n) is 2.75. The Bertz CT molecular complexity index is 734. The van der Waals surface area contributed by atoms with Crippen molar-refractivity contribution >= 4 is 5.91 Å². The van der Waals surface area contributed by atoms with E-state index in [2.05, 4.69) is 5.32 Å². The van der Waals surface area contributed by atoms with Gasteiger partial charge in [0.25, 0.3) is 0 Å². The molecule has 2 aromatic rings. The van der Waals surface area contributed by atoms with Gasteiger partial charge in [0, 0.05) is 6.42 Å². The van der Waals surface area contributed by atoms with Gasteiger partial charge in [-0.2, -0.15) is 0 Å². The average molecular weight is 347 g/mol. The minimum absolute atomic E-state index is 0.192. The zero-order chi connectivity index (χ0) is 17.6. The molecule has 0 spiro atoms. The first-order chi connectivity index (χ1) is 12.2. The number of hydrogen-bond acceptors (Lipinski definition) is 3. The number of benzene rings is 2. The third-order valence-corrected chi connectivity index (χ3v) is 4.03. The van der Waals surface area contributed by atoms with Gasteiger partial charge in [-0.25, -0.2) is 8.78 Å². The van der Waals surface area contributed by atoms with Crippen molar-refractivity contribution in [1.29, 1.82) is 0 Å². The molecule has 0 fully saturated rings. The van der Waals surface area contributed by atoms with Crippen LogP contribution < -0.4 is 14.8 Å². The molecule has 1 amide bonds. The highest BCUT2D eigenvalue weighted by Gasteiger charge is 2.18. The lowest BCUT2D eigenvalue weighted by Crippen LogP contribution is -2.30. The van der Waals surface area contributed by atoms with Gasteiger partial charge < -0.3 is 14.8 Å². The number of alkyl halides is 1. The molecule has 6 heteroatoms. The second-order valence-corrected chi connectivity index (χ2v) is 5.77. The summed E-state index contributed by atoms with van der Waals surface area (Å²) in [6, 6.07) is 10.2. The summed E-state index contributed by atoms with van der Waals surface area (Å²) in [6.45, 7) is 0.229. The molecule has 0 aliphatic carbocycles. The van der Waals surface area contributed by atoms with E-state index < -0.39 is 18.5 Å². The normalized spacial score (nSPS) is 14.0. The third kappa shape index (κ3) is 4.26. The molecule has 1 unspecified atom stereocenters. The molecule has 0 radical (unpaired) electrons. The minimum atomic E-state index is -0.780. The molecule has 3 rings (SSSR count). The summed E-state index contributed by atoms with van der Waals surface area (Å²) in [5.74, 6) is 0.671. The average Bonchev–Trinajstić information content (AvgIpc) is 2.65. The lowest BCUT2D eigenvalue weighted by molar-refractivity contribution is -0.121. The van der Waals surface area contributed by atoms with Gasteiger partial charge in [-0.3, -0.25) is 4.79 Å². The molecule has 1 heterocycles. The van der Waals surface area contributed by atoms with E-state index >= 15 is 0 Å². The number of aryl methyl sites for hydroxylation is 1. The predicted molar refractivity (Wildman–Crippen MR) is 89.0 cm³/mol. The van der Waals surface area contributed by atoms with Crippen molar-refractivity contribution in [2.75, 3.05) is 19.9 Å². The van der Waals surface area contributed by atoms with Crippen LogP contribution in [-0.2, 0) is 11.2 Å². The van der Waals surface area contributed by atoms with Gasteiger partial charge in [0.1, 0.15) is 25.7 Å². The Balaban J connectivity index is 1.60. The summed E-state index contributed by atoms with van der Waals surface area (Å²) in [4.78, 5) is 12.2. The molecule has 0 saturated carbocycles. The number of para-hydroxylation sites is 1. The van der Waals surface area contributed by atoms with Crippen molar-refractivity contribution in [2.45, 2.75) is 18.9 Å². The SMILES string of the molecule is O=C(CCc1cccc2c1OCCO2)NC(CF)c1ccc(F)cc1. The van der Waals surface area contributed by atoms with Gasteiger partial charge in [0.05, 0.1) is 6.04 Å². The Morgan fingerprint density at radius 1 is 1.12 bits per heavy atom. The molecule has 1 aliphatic rings. The number of halogens is 2. The summed E-state index contributed by atoms with van der Waals surface area (Å²) >= 11 is 0. The van der Waals surface area contributed by atoms with Crippen LogP contribution in [0.2, 0.25) is 0 Å². The predicted octanol–water partition coefficient (Wildman–Crippen LogP) is 3.36. The number of carbonyl (C=O) groups is 1. The highest BCUT2D eigenvalue weighted by Crippen LogP contribution is 2.34. The molecular formula is C19H19F2NO3. The molecule has 25 heavy (non-hydrogen) atoms. The van der Waals surface area contributed by atoms with E-state index in [1.165, 1.54) is 24.3 Å². The zero-order valence-electron chi connectivity index (χ0n) is 13.6. The largest absolute Gasteiger partial charge is 0.486 e. The maximum absolute atomic E-state index is 13.2. The second kappa shape index (κ2) is 7.96. The van der Waals surface area contributed by atoms with Gasteiger partial charge >= 0.3 is 0 Å². The summed E-state index contributed by atoms with van der Waals surface area (Å²) in [5.41, 5.74) is 1.41. The van der Waals surface area contributed by atoms with Crippen molar-refractivity contribution in [1.82, 2.24) is 5.32 Å². The Hall–Kier alpha value is -2.63. The molecular weight excluding hydrogens is 328 g/mol. The Morgan fingerprint density at radius 2 is 1.88 bits per heavy atom. The van der Waals surface area contributed by atoms with Crippen molar-refractivity contribution in [2.24, 2.45) is 0 Å². The summed E-state index contributed by atoms with van der Waals surface area (Å²) in [5, 5.41) is 2.64. The summed E-state index contributed by atoms with van der Waals surface area (Å²) in [7, 11) is 0. The van der Waals surface area contributed by atoms with E-state index in [0.717, 1.165) is 5.56 Å². The first-order valence-electron chi connectivity index (χ1n) is 8.15. The van der Waals surface area contributed by atoms with Crippen molar-refractivity contribution < 1.29 is 23.0 Å². The lowest BCUT2D eigenvalue weighted by Gasteiger charge is -2.21. The fraction of sp³-hybridized carbons (Fsp3) is 0.316. The van der Waals surface area contributed by atoms with E-state index in [1.807, 2.05) is 18.2 Å².